The zero-order valence-corrected chi connectivity index (χ0v) is 18.9. The maximum absolute atomic E-state index is 12.1. The summed E-state index contributed by atoms with van der Waals surface area (Å²) in [6, 6.07) is 0. The molecule has 6 heteroatoms. The number of rotatable bonds is 6. The number of nitrogens with zero attached hydrogens (tertiary/aromatic N) is 2. The second kappa shape index (κ2) is 10.9. The highest BCUT2D eigenvalue weighted by Crippen LogP contribution is 2.23. The van der Waals surface area contributed by atoms with Gasteiger partial charge in [0.05, 0.1) is 6.54 Å². The Balaban J connectivity index is 0.00000484. The van der Waals surface area contributed by atoms with Crippen molar-refractivity contribution < 1.29 is 4.21 Å². The van der Waals surface area contributed by atoms with Crippen LogP contribution in [0.15, 0.2) is 4.99 Å². The molecule has 0 aromatic heterocycles. The summed E-state index contributed by atoms with van der Waals surface area (Å²) in [4.78, 5) is 7.07. The van der Waals surface area contributed by atoms with E-state index in [1.807, 2.05) is 20.8 Å². The van der Waals surface area contributed by atoms with Gasteiger partial charge in [-0.2, -0.15) is 0 Å². The molecule has 1 aliphatic rings. The van der Waals surface area contributed by atoms with Gasteiger partial charge in [-0.05, 0) is 52.4 Å². The molecule has 0 aromatic carbocycles. The Bertz CT molecular complexity index is 394. The van der Waals surface area contributed by atoms with Crippen LogP contribution in [0.3, 0.4) is 0 Å². The summed E-state index contributed by atoms with van der Waals surface area (Å²) in [7, 11) is -0.827. The van der Waals surface area contributed by atoms with Crippen LogP contribution in [0.2, 0.25) is 0 Å². The predicted octanol–water partition coefficient (Wildman–Crippen LogP) is 3.49. The van der Waals surface area contributed by atoms with Crippen molar-refractivity contribution in [3.63, 3.8) is 0 Å². The summed E-state index contributed by atoms with van der Waals surface area (Å²) < 4.78 is 12.0. The van der Waals surface area contributed by atoms with Gasteiger partial charge < -0.3 is 10.2 Å². The van der Waals surface area contributed by atoms with Crippen LogP contribution < -0.4 is 5.32 Å². The Labute approximate surface area is 162 Å². The number of aliphatic imine (C=N–C) groups is 1. The average Bonchev–Trinajstić information content (AvgIpc) is 2.83. The molecule has 1 fully saturated rings. The van der Waals surface area contributed by atoms with E-state index in [2.05, 4.69) is 31.0 Å². The second-order valence-electron chi connectivity index (χ2n) is 7.63. The van der Waals surface area contributed by atoms with E-state index in [4.69, 9.17) is 4.99 Å². The van der Waals surface area contributed by atoms with Gasteiger partial charge in [0.25, 0.3) is 0 Å². The molecule has 0 radical (unpaired) electrons. The maximum Gasteiger partial charge on any atom is 0.193 e. The SMILES string of the molecule is CCNC(=NCCS(=O)C(C)(C)C)N1CCC(CC(C)C)C1.I. The monoisotopic (exact) mass is 457 g/mol. The first-order chi connectivity index (χ1) is 10.2. The minimum Gasteiger partial charge on any atom is -0.357 e. The lowest BCUT2D eigenvalue weighted by Crippen LogP contribution is -2.40. The first kappa shape index (κ1) is 23.1. The average molecular weight is 457 g/mol. The number of hydrogen-bond acceptors (Lipinski definition) is 2. The Morgan fingerprint density at radius 1 is 1.39 bits per heavy atom. The molecular weight excluding hydrogens is 421 g/mol. The highest BCUT2D eigenvalue weighted by molar-refractivity contribution is 14.0. The van der Waals surface area contributed by atoms with E-state index in [-0.39, 0.29) is 28.7 Å². The van der Waals surface area contributed by atoms with Gasteiger partial charge in [0.2, 0.25) is 0 Å². The molecular formula is C17H36IN3OS. The van der Waals surface area contributed by atoms with E-state index in [1.54, 1.807) is 0 Å². The van der Waals surface area contributed by atoms with Crippen molar-refractivity contribution in [2.75, 3.05) is 31.9 Å². The first-order valence-corrected chi connectivity index (χ1v) is 9.97. The second-order valence-corrected chi connectivity index (χ2v) is 9.95. The van der Waals surface area contributed by atoms with Gasteiger partial charge in [0, 0.05) is 40.9 Å². The van der Waals surface area contributed by atoms with Crippen molar-refractivity contribution in [3.05, 3.63) is 0 Å². The normalized spacial score (nSPS) is 20.6. The topological polar surface area (TPSA) is 44.7 Å². The van der Waals surface area contributed by atoms with Crippen LogP contribution in [-0.4, -0.2) is 51.7 Å². The third-order valence-electron chi connectivity index (χ3n) is 3.95. The molecule has 4 nitrogen and oxygen atoms in total. The number of guanidine groups is 1. The van der Waals surface area contributed by atoms with Gasteiger partial charge in [0.1, 0.15) is 0 Å². The molecule has 0 spiro atoms. The van der Waals surface area contributed by atoms with Crippen LogP contribution in [0.1, 0.15) is 54.4 Å². The summed E-state index contributed by atoms with van der Waals surface area (Å²) in [5, 5.41) is 3.39. The zero-order chi connectivity index (χ0) is 16.8. The predicted molar refractivity (Wildman–Crippen MR) is 113 cm³/mol. The van der Waals surface area contributed by atoms with Crippen LogP contribution in [0, 0.1) is 11.8 Å². The molecule has 1 N–H and O–H groups in total. The minimum absolute atomic E-state index is 0. The Morgan fingerprint density at radius 3 is 2.57 bits per heavy atom. The minimum atomic E-state index is -0.827. The molecule has 1 saturated heterocycles. The summed E-state index contributed by atoms with van der Waals surface area (Å²) in [5.74, 6) is 3.19. The van der Waals surface area contributed by atoms with E-state index in [0.29, 0.717) is 12.3 Å². The highest BCUT2D eigenvalue weighted by atomic mass is 127. The van der Waals surface area contributed by atoms with Crippen molar-refractivity contribution >= 4 is 40.7 Å². The lowest BCUT2D eigenvalue weighted by Gasteiger charge is -2.22. The molecule has 138 valence electrons. The summed E-state index contributed by atoms with van der Waals surface area (Å²) in [6.07, 6.45) is 2.56. The number of likely N-dealkylation sites (tertiary alicyclic amines) is 1. The Morgan fingerprint density at radius 2 is 2.04 bits per heavy atom. The van der Waals surface area contributed by atoms with Gasteiger partial charge in [-0.1, -0.05) is 13.8 Å². The van der Waals surface area contributed by atoms with E-state index in [9.17, 15) is 4.21 Å². The van der Waals surface area contributed by atoms with E-state index >= 15 is 0 Å². The van der Waals surface area contributed by atoms with Crippen molar-refractivity contribution in [1.29, 1.82) is 0 Å². The van der Waals surface area contributed by atoms with Crippen molar-refractivity contribution in [3.8, 4) is 0 Å². The molecule has 2 unspecified atom stereocenters. The van der Waals surface area contributed by atoms with Gasteiger partial charge in [-0.15, -0.1) is 24.0 Å². The molecule has 0 amide bonds. The molecule has 0 aliphatic carbocycles. The van der Waals surface area contributed by atoms with Crippen LogP contribution in [0.5, 0.6) is 0 Å². The Hall–Kier alpha value is 0.150. The third-order valence-corrected chi connectivity index (χ3v) is 5.87. The molecule has 1 aliphatic heterocycles. The van der Waals surface area contributed by atoms with Gasteiger partial charge in [-0.25, -0.2) is 0 Å². The van der Waals surface area contributed by atoms with Crippen molar-refractivity contribution in [2.45, 2.75) is 59.1 Å². The highest BCUT2D eigenvalue weighted by Gasteiger charge is 2.25. The number of hydrogen-bond donors (Lipinski definition) is 1. The fraction of sp³-hybridized carbons (Fsp3) is 0.941. The van der Waals surface area contributed by atoms with Crippen LogP contribution in [-0.2, 0) is 10.8 Å². The molecule has 0 bridgehead atoms. The molecule has 23 heavy (non-hydrogen) atoms. The number of halogens is 1. The van der Waals surface area contributed by atoms with Crippen LogP contribution in [0.25, 0.3) is 0 Å². The van der Waals surface area contributed by atoms with Crippen molar-refractivity contribution in [2.24, 2.45) is 16.8 Å². The molecule has 2 atom stereocenters. The number of nitrogens with one attached hydrogen (secondary N) is 1. The molecule has 0 aromatic rings. The fourth-order valence-corrected chi connectivity index (χ4v) is 3.72. The maximum atomic E-state index is 12.1. The standard InChI is InChI=1S/C17H35N3OS.HI/c1-7-18-16(19-9-11-22(21)17(4,5)6)20-10-8-15(13-20)12-14(2)3;/h14-15H,7-13H2,1-6H3,(H,18,19);1H. The largest absolute Gasteiger partial charge is 0.357 e. The van der Waals surface area contributed by atoms with Gasteiger partial charge in [0.15, 0.2) is 5.96 Å². The van der Waals surface area contributed by atoms with Crippen molar-refractivity contribution in [1.82, 2.24) is 10.2 Å². The van der Waals surface area contributed by atoms with E-state index < -0.39 is 10.8 Å². The van der Waals surface area contributed by atoms with Gasteiger partial charge >= 0.3 is 0 Å². The van der Waals surface area contributed by atoms with Gasteiger partial charge in [-0.3, -0.25) is 9.20 Å². The Kier molecular flexibility index (Phi) is 11.0. The smallest absolute Gasteiger partial charge is 0.193 e. The molecule has 1 heterocycles. The summed E-state index contributed by atoms with van der Waals surface area (Å²) in [6.45, 7) is 16.5. The lowest BCUT2D eigenvalue weighted by molar-refractivity contribution is 0.404. The lowest BCUT2D eigenvalue weighted by atomic mass is 9.97. The van der Waals surface area contributed by atoms with Crippen LogP contribution >= 0.6 is 24.0 Å². The van der Waals surface area contributed by atoms with E-state index in [1.165, 1.54) is 12.8 Å². The first-order valence-electron chi connectivity index (χ1n) is 8.65. The molecule has 0 saturated carbocycles. The molecule has 1 rings (SSSR count). The quantitative estimate of drug-likeness (QED) is 0.377. The fourth-order valence-electron chi connectivity index (χ4n) is 2.85. The zero-order valence-electron chi connectivity index (χ0n) is 15.7. The van der Waals surface area contributed by atoms with E-state index in [0.717, 1.165) is 37.4 Å². The van der Waals surface area contributed by atoms with Crippen LogP contribution in [0.4, 0.5) is 0 Å². The summed E-state index contributed by atoms with van der Waals surface area (Å²) >= 11 is 0. The third kappa shape index (κ3) is 8.70. The summed E-state index contributed by atoms with van der Waals surface area (Å²) in [5.41, 5.74) is 0.